The molecule has 3 heterocycles. The fourth-order valence-electron chi connectivity index (χ4n) is 3.62. The van der Waals surface area contributed by atoms with Crippen molar-refractivity contribution < 1.29 is 4.79 Å². The van der Waals surface area contributed by atoms with Gasteiger partial charge in [-0.3, -0.25) is 4.79 Å². The van der Waals surface area contributed by atoms with E-state index in [0.717, 1.165) is 22.5 Å². The second-order valence-corrected chi connectivity index (χ2v) is 6.75. The number of anilines is 2. The smallest absolute Gasteiger partial charge is 0.255 e. The minimum absolute atomic E-state index is 0.176. The van der Waals surface area contributed by atoms with E-state index in [2.05, 4.69) is 25.3 Å². The second-order valence-electron chi connectivity index (χ2n) is 6.75. The molecule has 8 heteroatoms. The van der Waals surface area contributed by atoms with Crippen LogP contribution < -0.4 is 16.8 Å². The van der Waals surface area contributed by atoms with Crippen LogP contribution in [0.3, 0.4) is 0 Å². The normalized spacial score (nSPS) is 15.8. The van der Waals surface area contributed by atoms with Crippen LogP contribution in [-0.2, 0) is 12.8 Å². The number of rotatable bonds is 3. The number of carbonyl (C=O) groups excluding carboxylic acids is 1. The maximum Gasteiger partial charge on any atom is 0.255 e. The van der Waals surface area contributed by atoms with Crippen molar-refractivity contribution in [3.05, 3.63) is 58.7 Å². The van der Waals surface area contributed by atoms with Crippen LogP contribution in [0.15, 0.2) is 30.5 Å². The summed E-state index contributed by atoms with van der Waals surface area (Å²) < 4.78 is 0. The molecule has 1 aliphatic rings. The first kappa shape index (κ1) is 17.8. The van der Waals surface area contributed by atoms with Crippen molar-refractivity contribution in [2.45, 2.75) is 32.7 Å². The topological polar surface area (TPSA) is 133 Å². The standard InChI is InChI=1S/C20H21N7O/c1-3-13-18(21)23-9-16(25-13)12-7-5-4-6-11(12)14-8-15-17(19(28)26-14)10(2)24-20(22)27-15/h4-7,9,14H,3,8H2,1-2H3,(H2,21,23)(H,26,28)(H2,22,24,27)/t14-/m1/s1. The number of hydrogen-bond donors (Lipinski definition) is 3. The van der Waals surface area contributed by atoms with Gasteiger partial charge in [0.2, 0.25) is 5.95 Å². The summed E-state index contributed by atoms with van der Waals surface area (Å²) >= 11 is 0. The number of hydrogen-bond acceptors (Lipinski definition) is 7. The van der Waals surface area contributed by atoms with Gasteiger partial charge in [-0.25, -0.2) is 19.9 Å². The Labute approximate surface area is 162 Å². The van der Waals surface area contributed by atoms with E-state index in [-0.39, 0.29) is 17.9 Å². The molecule has 8 nitrogen and oxygen atoms in total. The van der Waals surface area contributed by atoms with Gasteiger partial charge < -0.3 is 16.8 Å². The van der Waals surface area contributed by atoms with E-state index in [9.17, 15) is 4.79 Å². The zero-order chi connectivity index (χ0) is 19.8. The Hall–Kier alpha value is -3.55. The molecule has 1 aromatic carbocycles. The summed E-state index contributed by atoms with van der Waals surface area (Å²) in [6, 6.07) is 7.56. The molecule has 0 fully saturated rings. The van der Waals surface area contributed by atoms with Crippen molar-refractivity contribution in [2.75, 3.05) is 11.5 Å². The lowest BCUT2D eigenvalue weighted by Crippen LogP contribution is -2.37. The number of nitrogens with one attached hydrogen (secondary N) is 1. The molecule has 142 valence electrons. The maximum absolute atomic E-state index is 12.7. The van der Waals surface area contributed by atoms with Crippen molar-refractivity contribution in [2.24, 2.45) is 0 Å². The predicted octanol–water partition coefficient (Wildman–Crippen LogP) is 2.00. The molecule has 0 radical (unpaired) electrons. The van der Waals surface area contributed by atoms with Gasteiger partial charge in [0, 0.05) is 12.0 Å². The van der Waals surface area contributed by atoms with E-state index < -0.39 is 0 Å². The van der Waals surface area contributed by atoms with Crippen molar-refractivity contribution in [3.63, 3.8) is 0 Å². The highest BCUT2D eigenvalue weighted by Crippen LogP contribution is 2.32. The van der Waals surface area contributed by atoms with E-state index in [1.807, 2.05) is 31.2 Å². The quantitative estimate of drug-likeness (QED) is 0.637. The third-order valence-corrected chi connectivity index (χ3v) is 4.94. The molecule has 0 aliphatic carbocycles. The lowest BCUT2D eigenvalue weighted by molar-refractivity contribution is 0.0922. The number of nitrogens with zero attached hydrogens (tertiary/aromatic N) is 4. The van der Waals surface area contributed by atoms with Crippen molar-refractivity contribution in [1.82, 2.24) is 25.3 Å². The summed E-state index contributed by atoms with van der Waals surface area (Å²) in [6.45, 7) is 3.75. The molecular weight excluding hydrogens is 354 g/mol. The van der Waals surface area contributed by atoms with Gasteiger partial charge in [0.15, 0.2) is 0 Å². The SMILES string of the molecule is CCc1nc(-c2ccccc2[C@H]2Cc3nc(N)nc(C)c3C(=O)N2)cnc1N. The zero-order valence-electron chi connectivity index (χ0n) is 15.7. The first-order valence-corrected chi connectivity index (χ1v) is 9.12. The van der Waals surface area contributed by atoms with Gasteiger partial charge in [-0.2, -0.15) is 0 Å². The zero-order valence-corrected chi connectivity index (χ0v) is 15.7. The molecule has 2 aromatic heterocycles. The largest absolute Gasteiger partial charge is 0.382 e. The Balaban J connectivity index is 1.78. The summed E-state index contributed by atoms with van der Waals surface area (Å²) in [5.41, 5.74) is 16.8. The molecule has 0 spiro atoms. The van der Waals surface area contributed by atoms with Crippen molar-refractivity contribution >= 4 is 17.7 Å². The molecule has 5 N–H and O–H groups in total. The van der Waals surface area contributed by atoms with Crippen LogP contribution in [0, 0.1) is 6.92 Å². The maximum atomic E-state index is 12.7. The van der Waals surface area contributed by atoms with Crippen LogP contribution in [0.2, 0.25) is 0 Å². The average molecular weight is 375 g/mol. The van der Waals surface area contributed by atoms with Gasteiger partial charge >= 0.3 is 0 Å². The van der Waals surface area contributed by atoms with Gasteiger partial charge in [0.05, 0.1) is 40.6 Å². The second kappa shape index (κ2) is 6.88. The Kier molecular flexibility index (Phi) is 4.38. The summed E-state index contributed by atoms with van der Waals surface area (Å²) in [6.07, 6.45) is 2.88. The number of carbonyl (C=O) groups is 1. The summed E-state index contributed by atoms with van der Waals surface area (Å²) in [5, 5.41) is 3.07. The third-order valence-electron chi connectivity index (χ3n) is 4.94. The van der Waals surface area contributed by atoms with Crippen LogP contribution >= 0.6 is 0 Å². The van der Waals surface area contributed by atoms with Crippen LogP contribution in [0.25, 0.3) is 11.3 Å². The molecule has 0 bridgehead atoms. The predicted molar refractivity (Wildman–Crippen MR) is 106 cm³/mol. The molecule has 0 unspecified atom stereocenters. The average Bonchev–Trinajstić information content (AvgIpc) is 2.67. The third kappa shape index (κ3) is 3.02. The number of fused-ring (bicyclic) bond motifs is 1. The first-order chi connectivity index (χ1) is 13.5. The molecule has 4 rings (SSSR count). The number of amides is 1. The van der Waals surface area contributed by atoms with E-state index >= 15 is 0 Å². The number of aryl methyl sites for hydroxylation is 2. The van der Waals surface area contributed by atoms with Crippen molar-refractivity contribution in [1.29, 1.82) is 0 Å². The van der Waals surface area contributed by atoms with Crippen LogP contribution in [0.1, 0.15) is 46.0 Å². The number of nitrogen functional groups attached to an aromatic ring is 2. The van der Waals surface area contributed by atoms with Crippen molar-refractivity contribution in [3.8, 4) is 11.3 Å². The Morgan fingerprint density at radius 2 is 1.96 bits per heavy atom. The minimum Gasteiger partial charge on any atom is -0.382 e. The van der Waals surface area contributed by atoms with Crippen LogP contribution in [-0.4, -0.2) is 25.8 Å². The highest BCUT2D eigenvalue weighted by atomic mass is 16.1. The number of benzene rings is 1. The molecular formula is C20H21N7O. The van der Waals surface area contributed by atoms with Gasteiger partial charge in [-0.05, 0) is 18.9 Å². The van der Waals surface area contributed by atoms with Crippen LogP contribution in [0.5, 0.6) is 0 Å². The first-order valence-electron chi connectivity index (χ1n) is 9.12. The minimum atomic E-state index is -0.255. The van der Waals surface area contributed by atoms with Gasteiger partial charge in [0.25, 0.3) is 5.91 Å². The lowest BCUT2D eigenvalue weighted by atomic mass is 9.90. The molecule has 1 aliphatic heterocycles. The van der Waals surface area contributed by atoms with E-state index in [1.54, 1.807) is 13.1 Å². The highest BCUT2D eigenvalue weighted by molar-refractivity contribution is 5.98. The monoisotopic (exact) mass is 375 g/mol. The van der Waals surface area contributed by atoms with Gasteiger partial charge in [0.1, 0.15) is 5.82 Å². The molecule has 28 heavy (non-hydrogen) atoms. The fraction of sp³-hybridized carbons (Fsp3) is 0.250. The highest BCUT2D eigenvalue weighted by Gasteiger charge is 2.30. The number of nitrogens with two attached hydrogens (primary N) is 2. The van der Waals surface area contributed by atoms with Crippen LogP contribution in [0.4, 0.5) is 11.8 Å². The Morgan fingerprint density at radius 1 is 1.18 bits per heavy atom. The van der Waals surface area contributed by atoms with Gasteiger partial charge in [-0.1, -0.05) is 31.2 Å². The van der Waals surface area contributed by atoms with E-state index in [4.69, 9.17) is 11.5 Å². The Morgan fingerprint density at radius 3 is 2.75 bits per heavy atom. The molecule has 0 saturated carbocycles. The molecule has 1 atom stereocenters. The van der Waals surface area contributed by atoms with Gasteiger partial charge in [-0.15, -0.1) is 0 Å². The lowest BCUT2D eigenvalue weighted by Gasteiger charge is -2.27. The summed E-state index contributed by atoms with van der Waals surface area (Å²) in [5.74, 6) is 0.414. The molecule has 1 amide bonds. The number of aromatic nitrogens is 4. The van der Waals surface area contributed by atoms with E-state index in [0.29, 0.717) is 35.6 Å². The fourth-order valence-corrected chi connectivity index (χ4v) is 3.62. The summed E-state index contributed by atoms with van der Waals surface area (Å²) in [4.78, 5) is 30.1. The summed E-state index contributed by atoms with van der Waals surface area (Å²) in [7, 11) is 0. The molecule has 3 aromatic rings. The van der Waals surface area contributed by atoms with E-state index in [1.165, 1.54) is 0 Å². The Bertz CT molecular complexity index is 1080. The molecule has 0 saturated heterocycles.